The van der Waals surface area contributed by atoms with Gasteiger partial charge in [0.25, 0.3) is 0 Å². The summed E-state index contributed by atoms with van der Waals surface area (Å²) in [5.41, 5.74) is 8.77. The Hall–Kier alpha value is -3.31. The molecule has 0 N–H and O–H groups in total. The van der Waals surface area contributed by atoms with E-state index in [2.05, 4.69) is 57.5 Å². The summed E-state index contributed by atoms with van der Waals surface area (Å²) in [6.45, 7) is 8.15. The van der Waals surface area contributed by atoms with Crippen LogP contribution in [0.3, 0.4) is 0 Å². The van der Waals surface area contributed by atoms with Gasteiger partial charge in [0, 0.05) is 73.7 Å². The van der Waals surface area contributed by atoms with Crippen LogP contribution in [-0.2, 0) is 26.1 Å². The van der Waals surface area contributed by atoms with Crippen LogP contribution in [0.4, 0.5) is 0 Å². The fourth-order valence-corrected chi connectivity index (χ4v) is 4.43. The first-order valence-corrected chi connectivity index (χ1v) is 10.8. The first-order chi connectivity index (χ1) is 15.2. The van der Waals surface area contributed by atoms with Gasteiger partial charge in [-0.25, -0.2) is 9.97 Å². The second kappa shape index (κ2) is 8.44. The molecule has 0 bridgehead atoms. The van der Waals surface area contributed by atoms with Crippen LogP contribution in [0.5, 0.6) is 0 Å². The smallest absolute Gasteiger partial charge is 0.159 e. The molecule has 0 atom stereocenters. The second-order valence-corrected chi connectivity index (χ2v) is 8.34. The van der Waals surface area contributed by atoms with Gasteiger partial charge in [-0.2, -0.15) is 0 Å². The lowest BCUT2D eigenvalue weighted by Gasteiger charge is -2.28. The first-order valence-electron chi connectivity index (χ1n) is 10.8. The van der Waals surface area contributed by atoms with Crippen LogP contribution < -0.4 is 0 Å². The highest BCUT2D eigenvalue weighted by atomic mass is 15.1. The Morgan fingerprint density at radius 3 is 2.65 bits per heavy atom. The molecular weight excluding hydrogens is 382 g/mol. The number of rotatable bonds is 5. The van der Waals surface area contributed by atoms with Gasteiger partial charge in [-0.1, -0.05) is 36.4 Å². The van der Waals surface area contributed by atoms with Crippen molar-refractivity contribution in [3.8, 4) is 11.4 Å². The van der Waals surface area contributed by atoms with Crippen molar-refractivity contribution in [2.75, 3.05) is 6.54 Å². The van der Waals surface area contributed by atoms with E-state index in [9.17, 15) is 0 Å². The third-order valence-electron chi connectivity index (χ3n) is 6.18. The van der Waals surface area contributed by atoms with Gasteiger partial charge in [-0.15, -0.1) is 0 Å². The highest BCUT2D eigenvalue weighted by Crippen LogP contribution is 2.24. The minimum Gasteiger partial charge on any atom is -0.344 e. The summed E-state index contributed by atoms with van der Waals surface area (Å²) < 4.78 is 2.39. The third kappa shape index (κ3) is 4.14. The summed E-state index contributed by atoms with van der Waals surface area (Å²) in [7, 11) is 0. The molecule has 5 heteroatoms. The topological polar surface area (TPSA) is 46.8 Å². The zero-order valence-electron chi connectivity index (χ0n) is 18.1. The van der Waals surface area contributed by atoms with Crippen LogP contribution in [0.15, 0.2) is 67.1 Å². The lowest BCUT2D eigenvalue weighted by Crippen LogP contribution is -2.31. The number of hydrogen-bond acceptors (Lipinski definition) is 4. The maximum absolute atomic E-state index is 4.86. The Balaban J connectivity index is 1.31. The van der Waals surface area contributed by atoms with Crippen LogP contribution in [0.2, 0.25) is 0 Å². The van der Waals surface area contributed by atoms with Crippen molar-refractivity contribution in [3.05, 3.63) is 101 Å². The van der Waals surface area contributed by atoms with Crippen LogP contribution in [0, 0.1) is 13.8 Å². The number of fused-ring (bicyclic) bond motifs is 1. The molecule has 1 aliphatic rings. The number of aromatic nitrogens is 4. The predicted molar refractivity (Wildman–Crippen MR) is 123 cm³/mol. The van der Waals surface area contributed by atoms with Gasteiger partial charge in [0.2, 0.25) is 0 Å². The molecule has 0 radical (unpaired) electrons. The summed E-state index contributed by atoms with van der Waals surface area (Å²) in [4.78, 5) is 16.3. The fraction of sp³-hybridized carbons (Fsp3) is 0.269. The summed E-state index contributed by atoms with van der Waals surface area (Å²) in [6, 6.07) is 16.7. The molecule has 4 heterocycles. The van der Waals surface area contributed by atoms with E-state index in [1.807, 2.05) is 42.9 Å². The summed E-state index contributed by atoms with van der Waals surface area (Å²) in [5, 5.41) is 0. The van der Waals surface area contributed by atoms with Gasteiger partial charge in [0.05, 0.1) is 5.69 Å². The molecule has 0 spiro atoms. The Morgan fingerprint density at radius 2 is 1.84 bits per heavy atom. The fourth-order valence-electron chi connectivity index (χ4n) is 4.43. The van der Waals surface area contributed by atoms with E-state index in [0.29, 0.717) is 0 Å². The van der Waals surface area contributed by atoms with Crippen LogP contribution in [0.25, 0.3) is 11.4 Å². The number of nitrogens with zero attached hydrogens (tertiary/aromatic N) is 5. The molecule has 3 aromatic heterocycles. The summed E-state index contributed by atoms with van der Waals surface area (Å²) in [6.07, 6.45) is 6.75. The van der Waals surface area contributed by atoms with E-state index < -0.39 is 0 Å². The Labute approximate surface area is 183 Å². The SMILES string of the molecule is Cc1cc(CN2CCc3nc(-c4ccccc4)ncc3C2)c(C)n1Cc1cccnc1. The predicted octanol–water partition coefficient (Wildman–Crippen LogP) is 4.56. The highest BCUT2D eigenvalue weighted by molar-refractivity contribution is 5.54. The highest BCUT2D eigenvalue weighted by Gasteiger charge is 2.20. The second-order valence-electron chi connectivity index (χ2n) is 8.34. The zero-order valence-corrected chi connectivity index (χ0v) is 18.1. The Bertz CT molecular complexity index is 1180. The lowest BCUT2D eigenvalue weighted by atomic mass is 10.1. The normalized spacial score (nSPS) is 13.9. The van der Waals surface area contributed by atoms with Crippen molar-refractivity contribution in [2.24, 2.45) is 0 Å². The third-order valence-corrected chi connectivity index (χ3v) is 6.18. The van der Waals surface area contributed by atoms with Gasteiger partial charge >= 0.3 is 0 Å². The molecule has 0 saturated heterocycles. The van der Waals surface area contributed by atoms with E-state index >= 15 is 0 Å². The van der Waals surface area contributed by atoms with Crippen LogP contribution in [-0.4, -0.2) is 31.0 Å². The van der Waals surface area contributed by atoms with Crippen molar-refractivity contribution >= 4 is 0 Å². The molecule has 1 aliphatic heterocycles. The minimum absolute atomic E-state index is 0.826. The Kier molecular flexibility index (Phi) is 5.35. The largest absolute Gasteiger partial charge is 0.344 e. The molecule has 4 aromatic rings. The molecule has 5 nitrogen and oxygen atoms in total. The summed E-state index contributed by atoms with van der Waals surface area (Å²) >= 11 is 0. The minimum atomic E-state index is 0.826. The van der Waals surface area contributed by atoms with E-state index in [4.69, 9.17) is 4.98 Å². The maximum Gasteiger partial charge on any atom is 0.159 e. The lowest BCUT2D eigenvalue weighted by molar-refractivity contribution is 0.242. The Morgan fingerprint density at radius 1 is 0.968 bits per heavy atom. The molecule has 156 valence electrons. The van der Waals surface area contributed by atoms with E-state index in [1.54, 1.807) is 0 Å². The van der Waals surface area contributed by atoms with Crippen molar-refractivity contribution < 1.29 is 0 Å². The van der Waals surface area contributed by atoms with Crippen LogP contribution in [0.1, 0.15) is 33.8 Å². The molecule has 0 unspecified atom stereocenters. The average molecular weight is 410 g/mol. The van der Waals surface area contributed by atoms with E-state index in [-0.39, 0.29) is 0 Å². The number of aryl methyl sites for hydroxylation is 1. The molecule has 0 saturated carbocycles. The molecule has 5 rings (SSSR count). The molecule has 1 aromatic carbocycles. The van der Waals surface area contributed by atoms with Crippen molar-refractivity contribution in [2.45, 2.75) is 39.9 Å². The molecular formula is C26H27N5. The standard InChI is InChI=1S/C26H27N5/c1-19-13-23(20(2)31(19)16-21-7-6-11-27-14-21)17-30-12-10-25-24(18-30)15-28-26(29-25)22-8-4-3-5-9-22/h3-9,11,13-15H,10,12,16-18H2,1-2H3. The van der Waals surface area contributed by atoms with Gasteiger partial charge < -0.3 is 4.57 Å². The summed E-state index contributed by atoms with van der Waals surface area (Å²) in [5.74, 6) is 0.826. The van der Waals surface area contributed by atoms with E-state index in [0.717, 1.165) is 44.0 Å². The average Bonchev–Trinajstić information content (AvgIpc) is 3.07. The quantitative estimate of drug-likeness (QED) is 0.485. The molecule has 0 amide bonds. The van der Waals surface area contributed by atoms with Gasteiger partial charge in [0.15, 0.2) is 5.82 Å². The maximum atomic E-state index is 4.86. The van der Waals surface area contributed by atoms with Crippen molar-refractivity contribution in [1.82, 2.24) is 24.4 Å². The number of benzene rings is 1. The van der Waals surface area contributed by atoms with Gasteiger partial charge in [0.1, 0.15) is 0 Å². The monoisotopic (exact) mass is 409 g/mol. The van der Waals surface area contributed by atoms with Gasteiger partial charge in [-0.05, 0) is 37.1 Å². The molecule has 0 fully saturated rings. The molecule has 0 aliphatic carbocycles. The number of pyridine rings is 1. The van der Waals surface area contributed by atoms with E-state index in [1.165, 1.54) is 33.8 Å². The van der Waals surface area contributed by atoms with Gasteiger partial charge in [-0.3, -0.25) is 9.88 Å². The van der Waals surface area contributed by atoms with Crippen molar-refractivity contribution in [1.29, 1.82) is 0 Å². The molecule has 31 heavy (non-hydrogen) atoms. The van der Waals surface area contributed by atoms with Crippen molar-refractivity contribution in [3.63, 3.8) is 0 Å². The van der Waals surface area contributed by atoms with Crippen LogP contribution >= 0.6 is 0 Å². The zero-order chi connectivity index (χ0) is 21.2. The first kappa shape index (κ1) is 19.6. The number of hydrogen-bond donors (Lipinski definition) is 0.